The third-order valence-electron chi connectivity index (χ3n) is 20.3. The summed E-state index contributed by atoms with van der Waals surface area (Å²) in [5, 5.41) is 23.4. The fourth-order valence-electron chi connectivity index (χ4n) is 13.9. The van der Waals surface area contributed by atoms with E-state index in [1.54, 1.807) is 0 Å². The van der Waals surface area contributed by atoms with Gasteiger partial charge < -0.3 is 20.3 Å². The Morgan fingerprint density at radius 2 is 0.516 bits per heavy atom. The predicted octanol–water partition coefficient (Wildman–Crippen LogP) is 28.2. The van der Waals surface area contributed by atoms with E-state index in [2.05, 4.69) is 31.3 Å². The van der Waals surface area contributed by atoms with Crippen LogP contribution in [-0.2, 0) is 14.3 Å². The van der Waals surface area contributed by atoms with Crippen LogP contribution in [0.3, 0.4) is 0 Å². The molecule has 0 rings (SSSR count). The lowest BCUT2D eigenvalue weighted by Crippen LogP contribution is -2.45. The number of carbonyl (C=O) groups is 2. The monoisotopic (exact) mass is 1280 g/mol. The number of ether oxygens (including phenoxy) is 1. The van der Waals surface area contributed by atoms with E-state index < -0.39 is 12.1 Å². The summed E-state index contributed by atoms with van der Waals surface area (Å²) in [6.45, 7) is 5.01. The molecule has 542 valence electrons. The van der Waals surface area contributed by atoms with Gasteiger partial charge in [0.25, 0.3) is 0 Å². The van der Waals surface area contributed by atoms with E-state index in [4.69, 9.17) is 4.74 Å². The molecule has 0 radical (unpaired) electrons. The summed E-state index contributed by atoms with van der Waals surface area (Å²) in [4.78, 5) is 24.7. The molecule has 91 heavy (non-hydrogen) atoms. The maximum atomic E-state index is 12.6. The molecular formula is C85H167NO5. The maximum Gasteiger partial charge on any atom is 0.305 e. The Kier molecular flexibility index (Phi) is 79.8. The fourth-order valence-corrected chi connectivity index (χ4v) is 13.9. The number of carbonyl (C=O) groups excluding carboxylic acids is 2. The first-order chi connectivity index (χ1) is 45.0. The SMILES string of the molecule is CCCCCCCCC/C=C\CCCCCCCC(=O)OCCCCCCCCCCCCCCCCCCCCCCCCCCCCCCCCCCCCCCCCCC(=O)NC(CO)C(O)CCCCCCCCCCCCCCCCCCCCC. The first kappa shape index (κ1) is 89.6. The highest BCUT2D eigenvalue weighted by Crippen LogP contribution is 2.21. The molecule has 2 atom stereocenters. The van der Waals surface area contributed by atoms with Crippen molar-refractivity contribution in [1.29, 1.82) is 0 Å². The summed E-state index contributed by atoms with van der Waals surface area (Å²) in [5.41, 5.74) is 0. The van der Waals surface area contributed by atoms with Crippen molar-refractivity contribution in [3.05, 3.63) is 12.2 Å². The number of nitrogens with one attached hydrogen (secondary N) is 1. The summed E-state index contributed by atoms with van der Waals surface area (Å²) in [5.74, 6) is -0.00538. The lowest BCUT2D eigenvalue weighted by molar-refractivity contribution is -0.143. The highest BCUT2D eigenvalue weighted by molar-refractivity contribution is 5.76. The van der Waals surface area contributed by atoms with E-state index in [0.29, 0.717) is 25.9 Å². The number of aliphatic hydroxyl groups excluding tert-OH is 2. The Labute approximate surface area is 571 Å². The Morgan fingerprint density at radius 1 is 0.297 bits per heavy atom. The van der Waals surface area contributed by atoms with Crippen LogP contribution in [0.25, 0.3) is 0 Å². The van der Waals surface area contributed by atoms with Gasteiger partial charge in [-0.1, -0.05) is 443 Å². The van der Waals surface area contributed by atoms with Crippen LogP contribution < -0.4 is 5.32 Å². The molecule has 0 aromatic carbocycles. The van der Waals surface area contributed by atoms with Gasteiger partial charge in [0, 0.05) is 12.8 Å². The molecule has 0 saturated carbocycles. The zero-order valence-electron chi connectivity index (χ0n) is 62.4. The third kappa shape index (κ3) is 77.5. The summed E-state index contributed by atoms with van der Waals surface area (Å²) in [6, 6.07) is -0.537. The second-order valence-electron chi connectivity index (χ2n) is 29.5. The fraction of sp³-hybridized carbons (Fsp3) is 0.953. The average molecular weight is 1280 g/mol. The van der Waals surface area contributed by atoms with Gasteiger partial charge in [-0.15, -0.1) is 0 Å². The van der Waals surface area contributed by atoms with Gasteiger partial charge in [-0.05, 0) is 51.4 Å². The molecule has 2 unspecified atom stereocenters. The summed E-state index contributed by atoms with van der Waals surface area (Å²) in [7, 11) is 0. The minimum absolute atomic E-state index is 0.0179. The molecule has 0 aromatic heterocycles. The van der Waals surface area contributed by atoms with Crippen LogP contribution in [0.15, 0.2) is 12.2 Å². The van der Waals surface area contributed by atoms with Crippen molar-refractivity contribution in [2.45, 2.75) is 508 Å². The Balaban J connectivity index is 3.29. The zero-order chi connectivity index (χ0) is 65.6. The smallest absolute Gasteiger partial charge is 0.305 e. The van der Waals surface area contributed by atoms with E-state index >= 15 is 0 Å². The summed E-state index contributed by atoms with van der Waals surface area (Å²) in [6.07, 6.45) is 103. The topological polar surface area (TPSA) is 95.9 Å². The minimum Gasteiger partial charge on any atom is -0.466 e. The van der Waals surface area contributed by atoms with Crippen LogP contribution >= 0.6 is 0 Å². The largest absolute Gasteiger partial charge is 0.466 e. The molecule has 0 fully saturated rings. The number of unbranched alkanes of at least 4 members (excludes halogenated alkanes) is 68. The molecule has 6 heteroatoms. The molecule has 6 nitrogen and oxygen atoms in total. The van der Waals surface area contributed by atoms with Crippen LogP contribution in [0, 0.1) is 0 Å². The van der Waals surface area contributed by atoms with Crippen LogP contribution in [0.5, 0.6) is 0 Å². The van der Waals surface area contributed by atoms with Gasteiger partial charge in [0.15, 0.2) is 0 Å². The summed E-state index contributed by atoms with van der Waals surface area (Å²) >= 11 is 0. The third-order valence-corrected chi connectivity index (χ3v) is 20.3. The minimum atomic E-state index is -0.660. The van der Waals surface area contributed by atoms with Crippen molar-refractivity contribution in [2.75, 3.05) is 13.2 Å². The van der Waals surface area contributed by atoms with Crippen LogP contribution in [0.1, 0.15) is 495 Å². The van der Waals surface area contributed by atoms with Crippen LogP contribution in [0.4, 0.5) is 0 Å². The molecule has 0 aliphatic carbocycles. The molecule has 3 N–H and O–H groups in total. The molecule has 1 amide bonds. The lowest BCUT2D eigenvalue weighted by Gasteiger charge is -2.22. The second kappa shape index (κ2) is 81.0. The standard InChI is InChI=1S/C85H167NO5/c1-3-5-7-9-11-13-15-17-19-21-43-46-49-53-57-61-65-69-73-77-83(88)82(81-87)86-84(89)78-74-70-66-62-58-54-50-47-44-41-39-37-35-33-31-29-27-25-23-22-24-26-28-30-32-34-36-38-40-42-45-48-52-56-60-64-68-72-76-80-91-85(90)79-75-71-67-63-59-55-51-20-18-16-14-12-10-8-6-4-2/h20,51,82-83,87-88H,3-19,21-50,52-81H2,1-2H3,(H,86,89)/b51-20-. The second-order valence-corrected chi connectivity index (χ2v) is 29.5. The van der Waals surface area contributed by atoms with Crippen LogP contribution in [-0.4, -0.2) is 47.4 Å². The first-order valence-corrected chi connectivity index (χ1v) is 42.4. The van der Waals surface area contributed by atoms with E-state index in [0.717, 1.165) is 44.9 Å². The van der Waals surface area contributed by atoms with Crippen molar-refractivity contribution >= 4 is 11.9 Å². The number of allylic oxidation sites excluding steroid dienone is 2. The number of esters is 1. The molecule has 0 aliphatic rings. The molecule has 0 bridgehead atoms. The van der Waals surface area contributed by atoms with Crippen molar-refractivity contribution in [2.24, 2.45) is 0 Å². The molecule has 0 spiro atoms. The summed E-state index contributed by atoms with van der Waals surface area (Å²) < 4.78 is 5.51. The van der Waals surface area contributed by atoms with Gasteiger partial charge >= 0.3 is 5.97 Å². The number of rotatable bonds is 81. The van der Waals surface area contributed by atoms with E-state index in [-0.39, 0.29) is 18.5 Å². The number of hydrogen-bond acceptors (Lipinski definition) is 5. The van der Waals surface area contributed by atoms with Gasteiger partial charge in [0.05, 0.1) is 25.4 Å². The van der Waals surface area contributed by atoms with Gasteiger partial charge in [-0.25, -0.2) is 0 Å². The van der Waals surface area contributed by atoms with Crippen molar-refractivity contribution < 1.29 is 24.5 Å². The quantitative estimate of drug-likeness (QED) is 0.0320. The highest BCUT2D eigenvalue weighted by Gasteiger charge is 2.20. The first-order valence-electron chi connectivity index (χ1n) is 42.4. The Bertz CT molecular complexity index is 1380. The van der Waals surface area contributed by atoms with E-state index in [1.165, 1.54) is 417 Å². The van der Waals surface area contributed by atoms with Crippen LogP contribution in [0.2, 0.25) is 0 Å². The molecule has 0 saturated heterocycles. The Hall–Kier alpha value is -1.40. The number of aliphatic hydroxyl groups is 2. The van der Waals surface area contributed by atoms with E-state index in [9.17, 15) is 19.8 Å². The average Bonchev–Trinajstić information content (AvgIpc) is 3.74. The Morgan fingerprint density at radius 3 is 0.780 bits per heavy atom. The maximum absolute atomic E-state index is 12.6. The lowest BCUT2D eigenvalue weighted by atomic mass is 10.0. The number of amides is 1. The van der Waals surface area contributed by atoms with Gasteiger partial charge in [0.2, 0.25) is 5.91 Å². The van der Waals surface area contributed by atoms with Gasteiger partial charge in [-0.3, -0.25) is 9.59 Å². The van der Waals surface area contributed by atoms with Crippen molar-refractivity contribution in [1.82, 2.24) is 5.32 Å². The predicted molar refractivity (Wildman–Crippen MR) is 403 cm³/mol. The molecule has 0 heterocycles. The highest BCUT2D eigenvalue weighted by atomic mass is 16.5. The normalized spacial score (nSPS) is 12.4. The van der Waals surface area contributed by atoms with Gasteiger partial charge in [-0.2, -0.15) is 0 Å². The zero-order valence-corrected chi connectivity index (χ0v) is 62.4. The molecular weight excluding hydrogens is 1110 g/mol. The van der Waals surface area contributed by atoms with Crippen molar-refractivity contribution in [3.8, 4) is 0 Å². The van der Waals surface area contributed by atoms with Crippen molar-refractivity contribution in [3.63, 3.8) is 0 Å². The van der Waals surface area contributed by atoms with E-state index in [1.807, 2.05) is 0 Å². The molecule has 0 aromatic rings. The molecule has 0 aliphatic heterocycles. The van der Waals surface area contributed by atoms with Gasteiger partial charge in [0.1, 0.15) is 0 Å². The number of hydrogen-bond donors (Lipinski definition) is 3.